The van der Waals surface area contributed by atoms with E-state index >= 15 is 0 Å². The van der Waals surface area contributed by atoms with Gasteiger partial charge in [0.2, 0.25) is 5.91 Å². The second-order valence-electron chi connectivity index (χ2n) is 5.18. The molecule has 2 amide bonds. The van der Waals surface area contributed by atoms with Crippen molar-refractivity contribution in [3.05, 3.63) is 53.3 Å². The summed E-state index contributed by atoms with van der Waals surface area (Å²) in [6, 6.07) is 8.32. The Labute approximate surface area is 131 Å². The van der Waals surface area contributed by atoms with Crippen molar-refractivity contribution in [2.24, 2.45) is 12.8 Å². The van der Waals surface area contributed by atoms with Crippen LogP contribution in [0.2, 0.25) is 0 Å². The average Bonchev–Trinajstić information content (AvgIpc) is 2.89. The highest BCUT2D eigenvalue weighted by atomic mass is 19.3. The van der Waals surface area contributed by atoms with Gasteiger partial charge in [-0.1, -0.05) is 30.3 Å². The molecule has 2 rings (SSSR count). The molecule has 23 heavy (non-hydrogen) atoms. The van der Waals surface area contributed by atoms with Crippen LogP contribution in [0.5, 0.6) is 0 Å². The smallest absolute Gasteiger partial charge is 0.280 e. The minimum atomic E-state index is -2.88. The van der Waals surface area contributed by atoms with E-state index < -0.39 is 29.5 Å². The average molecular weight is 322 g/mol. The number of aryl methyl sites for hydroxylation is 1. The van der Waals surface area contributed by atoms with Crippen LogP contribution in [0.15, 0.2) is 36.5 Å². The zero-order valence-corrected chi connectivity index (χ0v) is 12.6. The molecule has 1 aromatic heterocycles. The number of nitrogens with zero attached hydrogens (tertiary/aromatic N) is 2. The van der Waals surface area contributed by atoms with Crippen molar-refractivity contribution in [3.8, 4) is 0 Å². The molecule has 0 aliphatic heterocycles. The summed E-state index contributed by atoms with van der Waals surface area (Å²) in [5.41, 5.74) is 3.50. The van der Waals surface area contributed by atoms with Crippen molar-refractivity contribution in [3.63, 3.8) is 0 Å². The molecule has 1 unspecified atom stereocenters. The standard InChI is InChI=1S/C15H16F2N4O2/c1-15(14(18)23,9-6-4-3-5-7-9)20-13(22)10-8-19-21(2)11(10)12(16)17/h3-8,12H,1-2H3,(H2,18,23)(H,20,22). The van der Waals surface area contributed by atoms with Crippen molar-refractivity contribution in [2.75, 3.05) is 0 Å². The van der Waals surface area contributed by atoms with Gasteiger partial charge in [-0.15, -0.1) is 0 Å². The van der Waals surface area contributed by atoms with Gasteiger partial charge in [0.1, 0.15) is 11.2 Å². The number of primary amides is 1. The molecule has 0 aliphatic carbocycles. The highest BCUT2D eigenvalue weighted by molar-refractivity contribution is 5.99. The Morgan fingerprint density at radius 1 is 1.30 bits per heavy atom. The number of alkyl halides is 2. The zero-order chi connectivity index (χ0) is 17.2. The SMILES string of the molecule is Cn1ncc(C(=O)NC(C)(C(N)=O)c2ccccc2)c1C(F)F. The molecule has 0 saturated carbocycles. The fourth-order valence-electron chi connectivity index (χ4n) is 2.22. The van der Waals surface area contributed by atoms with E-state index in [0.29, 0.717) is 5.56 Å². The number of nitrogens with one attached hydrogen (secondary N) is 1. The molecule has 6 nitrogen and oxygen atoms in total. The third-order valence-electron chi connectivity index (χ3n) is 3.64. The van der Waals surface area contributed by atoms with Crippen LogP contribution in [0.1, 0.15) is 35.0 Å². The van der Waals surface area contributed by atoms with Crippen LogP contribution in [0.4, 0.5) is 8.78 Å². The predicted molar refractivity (Wildman–Crippen MR) is 78.6 cm³/mol. The van der Waals surface area contributed by atoms with E-state index in [2.05, 4.69) is 10.4 Å². The Bertz CT molecular complexity index is 730. The van der Waals surface area contributed by atoms with E-state index in [1.807, 2.05) is 0 Å². The monoisotopic (exact) mass is 322 g/mol. The predicted octanol–water partition coefficient (Wildman–Crippen LogP) is 1.49. The van der Waals surface area contributed by atoms with Gasteiger partial charge < -0.3 is 11.1 Å². The first-order valence-electron chi connectivity index (χ1n) is 6.75. The lowest BCUT2D eigenvalue weighted by Crippen LogP contribution is -2.52. The molecule has 1 heterocycles. The lowest BCUT2D eigenvalue weighted by atomic mass is 9.91. The van der Waals surface area contributed by atoms with Crippen LogP contribution in [0.3, 0.4) is 0 Å². The molecule has 1 aromatic carbocycles. The lowest BCUT2D eigenvalue weighted by molar-refractivity contribution is -0.123. The second kappa shape index (κ2) is 6.15. The summed E-state index contributed by atoms with van der Waals surface area (Å²) in [6.07, 6.45) is -1.84. The summed E-state index contributed by atoms with van der Waals surface area (Å²) in [5.74, 6) is -1.65. The molecule has 0 bridgehead atoms. The quantitative estimate of drug-likeness (QED) is 0.874. The summed E-state index contributed by atoms with van der Waals surface area (Å²) < 4.78 is 27.0. The summed E-state index contributed by atoms with van der Waals surface area (Å²) in [4.78, 5) is 24.2. The number of aromatic nitrogens is 2. The van der Waals surface area contributed by atoms with Gasteiger partial charge in [0.25, 0.3) is 12.3 Å². The van der Waals surface area contributed by atoms with Gasteiger partial charge in [-0.2, -0.15) is 5.10 Å². The summed E-state index contributed by atoms with van der Waals surface area (Å²) in [7, 11) is 1.31. The number of nitrogens with two attached hydrogens (primary N) is 1. The molecule has 2 aromatic rings. The Balaban J connectivity index is 2.39. The summed E-state index contributed by atoms with van der Waals surface area (Å²) in [6.45, 7) is 1.42. The van der Waals surface area contributed by atoms with E-state index in [1.165, 1.54) is 14.0 Å². The number of rotatable bonds is 5. The molecule has 3 N–H and O–H groups in total. The van der Waals surface area contributed by atoms with Crippen molar-refractivity contribution < 1.29 is 18.4 Å². The van der Waals surface area contributed by atoms with Crippen molar-refractivity contribution >= 4 is 11.8 Å². The number of amides is 2. The number of benzene rings is 1. The molecule has 8 heteroatoms. The molecule has 0 fully saturated rings. The first-order chi connectivity index (χ1) is 10.8. The molecule has 0 aliphatic rings. The van der Waals surface area contributed by atoms with Gasteiger partial charge >= 0.3 is 0 Å². The zero-order valence-electron chi connectivity index (χ0n) is 12.6. The van der Waals surface area contributed by atoms with Gasteiger partial charge in [0.05, 0.1) is 11.8 Å². The Morgan fingerprint density at radius 3 is 2.43 bits per heavy atom. The maximum absolute atomic E-state index is 13.1. The molecule has 0 radical (unpaired) electrons. The van der Waals surface area contributed by atoms with E-state index in [1.54, 1.807) is 30.3 Å². The minimum absolute atomic E-state index is 0.300. The number of carbonyl (C=O) groups excluding carboxylic acids is 2. The first-order valence-corrected chi connectivity index (χ1v) is 6.75. The Morgan fingerprint density at radius 2 is 1.91 bits per heavy atom. The van der Waals surface area contributed by atoms with Crippen LogP contribution in [0.25, 0.3) is 0 Å². The van der Waals surface area contributed by atoms with E-state index in [-0.39, 0.29) is 5.56 Å². The number of carbonyl (C=O) groups is 2. The van der Waals surface area contributed by atoms with Gasteiger partial charge in [0, 0.05) is 7.05 Å². The number of hydrogen-bond acceptors (Lipinski definition) is 3. The molecular weight excluding hydrogens is 306 g/mol. The first kappa shape index (κ1) is 16.6. The third kappa shape index (κ3) is 3.05. The largest absolute Gasteiger partial charge is 0.367 e. The lowest BCUT2D eigenvalue weighted by Gasteiger charge is -2.28. The van der Waals surface area contributed by atoms with Gasteiger partial charge in [-0.3, -0.25) is 14.3 Å². The molecule has 0 saturated heterocycles. The minimum Gasteiger partial charge on any atom is -0.367 e. The van der Waals surface area contributed by atoms with Crippen molar-refractivity contribution in [1.29, 1.82) is 0 Å². The maximum Gasteiger partial charge on any atom is 0.280 e. The van der Waals surface area contributed by atoms with Crippen molar-refractivity contribution in [2.45, 2.75) is 18.9 Å². The highest BCUT2D eigenvalue weighted by Crippen LogP contribution is 2.25. The Kier molecular flexibility index (Phi) is 4.44. The topological polar surface area (TPSA) is 90.0 Å². The molecular formula is C15H16F2N4O2. The van der Waals surface area contributed by atoms with Crippen LogP contribution in [-0.4, -0.2) is 21.6 Å². The normalized spacial score (nSPS) is 13.6. The van der Waals surface area contributed by atoms with Crippen LogP contribution < -0.4 is 11.1 Å². The van der Waals surface area contributed by atoms with Crippen LogP contribution in [-0.2, 0) is 17.4 Å². The second-order valence-corrected chi connectivity index (χ2v) is 5.18. The number of hydrogen-bond donors (Lipinski definition) is 2. The van der Waals surface area contributed by atoms with E-state index in [0.717, 1.165) is 10.9 Å². The van der Waals surface area contributed by atoms with E-state index in [4.69, 9.17) is 5.73 Å². The molecule has 122 valence electrons. The molecule has 0 spiro atoms. The van der Waals surface area contributed by atoms with Gasteiger partial charge in [-0.25, -0.2) is 8.78 Å². The van der Waals surface area contributed by atoms with Gasteiger partial charge in [0.15, 0.2) is 0 Å². The van der Waals surface area contributed by atoms with E-state index in [9.17, 15) is 18.4 Å². The third-order valence-corrected chi connectivity index (χ3v) is 3.64. The molecule has 1 atom stereocenters. The maximum atomic E-state index is 13.1. The van der Waals surface area contributed by atoms with Crippen molar-refractivity contribution in [1.82, 2.24) is 15.1 Å². The van der Waals surface area contributed by atoms with Crippen LogP contribution in [0, 0.1) is 0 Å². The fraction of sp³-hybridized carbons (Fsp3) is 0.267. The Hall–Kier alpha value is -2.77. The summed E-state index contributed by atoms with van der Waals surface area (Å²) in [5, 5.41) is 6.10. The number of halogens is 2. The highest BCUT2D eigenvalue weighted by Gasteiger charge is 2.36. The van der Waals surface area contributed by atoms with Crippen LogP contribution >= 0.6 is 0 Å². The summed E-state index contributed by atoms with van der Waals surface area (Å²) >= 11 is 0. The van der Waals surface area contributed by atoms with Gasteiger partial charge in [-0.05, 0) is 12.5 Å². The fourth-order valence-corrected chi connectivity index (χ4v) is 2.22.